The van der Waals surface area contributed by atoms with Gasteiger partial charge in [0.1, 0.15) is 11.9 Å². The smallest absolute Gasteiger partial charge is 0.416 e. The fourth-order valence-electron chi connectivity index (χ4n) is 3.80. The number of sulfonamides is 2. The Morgan fingerprint density at radius 1 is 1.03 bits per heavy atom. The highest BCUT2D eigenvalue weighted by Gasteiger charge is 2.33. The maximum absolute atomic E-state index is 13.4. The van der Waals surface area contributed by atoms with Crippen LogP contribution in [0.1, 0.15) is 32.3 Å². The Labute approximate surface area is 204 Å². The van der Waals surface area contributed by atoms with Gasteiger partial charge in [0.15, 0.2) is 0 Å². The summed E-state index contributed by atoms with van der Waals surface area (Å²) in [6, 6.07) is 9.97. The molecule has 1 saturated heterocycles. The summed E-state index contributed by atoms with van der Waals surface area (Å²) in [5.74, 6) is 0.288. The molecule has 0 bridgehead atoms. The average Bonchev–Trinajstić information content (AvgIpc) is 2.77. The van der Waals surface area contributed by atoms with Crippen LogP contribution in [0.25, 0.3) is 0 Å². The minimum atomic E-state index is -4.60. The number of benzene rings is 2. The van der Waals surface area contributed by atoms with Crippen LogP contribution < -0.4 is 9.04 Å². The Bertz CT molecular complexity index is 1220. The molecule has 194 valence electrons. The molecule has 1 heterocycles. The van der Waals surface area contributed by atoms with E-state index < -0.39 is 31.8 Å². The molecule has 2 aromatic carbocycles. The van der Waals surface area contributed by atoms with Gasteiger partial charge in [-0.15, -0.1) is 0 Å². The number of hydrogen-bond acceptors (Lipinski definition) is 5. The molecular formula is C23H29F3N2O5S2. The normalized spacial score (nSPS) is 16.4. The molecule has 1 fully saturated rings. The monoisotopic (exact) mass is 534 g/mol. The molecule has 3 rings (SSSR count). The maximum atomic E-state index is 13.4. The zero-order valence-electron chi connectivity index (χ0n) is 19.7. The van der Waals surface area contributed by atoms with Gasteiger partial charge in [0.25, 0.3) is 10.0 Å². The van der Waals surface area contributed by atoms with Gasteiger partial charge in [-0.3, -0.25) is 4.31 Å². The highest BCUT2D eigenvalue weighted by Crippen LogP contribution is 2.34. The van der Waals surface area contributed by atoms with Gasteiger partial charge < -0.3 is 4.74 Å². The predicted molar refractivity (Wildman–Crippen MR) is 127 cm³/mol. The SMILES string of the molecule is CC(C)CN(c1cccc(C(F)(F)F)c1)S(=O)(=O)c1ccc(OC2CCN(S(C)(=O)=O)CC2)cc1. The van der Waals surface area contributed by atoms with Crippen LogP contribution in [0.15, 0.2) is 53.4 Å². The van der Waals surface area contributed by atoms with Crippen LogP contribution in [0.4, 0.5) is 18.9 Å². The van der Waals surface area contributed by atoms with Crippen molar-refractivity contribution in [2.75, 3.05) is 30.2 Å². The Balaban J connectivity index is 1.80. The summed E-state index contributed by atoms with van der Waals surface area (Å²) < 4.78 is 98.0. The van der Waals surface area contributed by atoms with Crippen molar-refractivity contribution in [1.29, 1.82) is 0 Å². The van der Waals surface area contributed by atoms with Gasteiger partial charge in [-0.25, -0.2) is 21.1 Å². The highest BCUT2D eigenvalue weighted by atomic mass is 32.2. The van der Waals surface area contributed by atoms with Crippen LogP contribution in [-0.4, -0.2) is 53.1 Å². The van der Waals surface area contributed by atoms with E-state index in [4.69, 9.17) is 4.74 Å². The topological polar surface area (TPSA) is 84.0 Å². The van der Waals surface area contributed by atoms with Crippen LogP contribution in [0.5, 0.6) is 5.75 Å². The molecule has 0 spiro atoms. The minimum absolute atomic E-state index is 0.000799. The fraction of sp³-hybridized carbons (Fsp3) is 0.478. The Kier molecular flexibility index (Phi) is 8.07. The van der Waals surface area contributed by atoms with Gasteiger partial charge in [-0.1, -0.05) is 19.9 Å². The zero-order chi connectivity index (χ0) is 26.0. The molecule has 0 N–H and O–H groups in total. The number of rotatable bonds is 8. The Morgan fingerprint density at radius 2 is 1.63 bits per heavy atom. The van der Waals surface area contributed by atoms with Crippen LogP contribution in [0, 0.1) is 5.92 Å². The first-order valence-corrected chi connectivity index (χ1v) is 14.4. The maximum Gasteiger partial charge on any atom is 0.416 e. The molecule has 0 aliphatic carbocycles. The molecule has 0 saturated carbocycles. The van der Waals surface area contributed by atoms with Crippen molar-refractivity contribution in [3.8, 4) is 5.75 Å². The van der Waals surface area contributed by atoms with Gasteiger partial charge in [0.05, 0.1) is 22.4 Å². The van der Waals surface area contributed by atoms with E-state index in [2.05, 4.69) is 0 Å². The summed E-state index contributed by atoms with van der Waals surface area (Å²) in [7, 11) is -7.40. The molecule has 0 aromatic heterocycles. The van der Waals surface area contributed by atoms with Crippen molar-refractivity contribution in [3.05, 3.63) is 54.1 Å². The first kappa shape index (κ1) is 27.3. The van der Waals surface area contributed by atoms with Crippen molar-refractivity contribution in [3.63, 3.8) is 0 Å². The highest BCUT2D eigenvalue weighted by molar-refractivity contribution is 7.92. The molecule has 12 heteroatoms. The van der Waals surface area contributed by atoms with Gasteiger partial charge in [0.2, 0.25) is 10.0 Å². The molecule has 0 amide bonds. The molecule has 1 aliphatic rings. The standard InChI is InChI=1S/C23H29F3N2O5S2/c1-17(2)16-28(19-6-4-5-18(15-19)23(24,25)26)35(31,32)22-9-7-20(8-10-22)33-21-11-13-27(14-12-21)34(3,29)30/h4-10,15,17,21H,11-14,16H2,1-3H3. The second-order valence-corrected chi connectivity index (χ2v) is 12.8. The van der Waals surface area contributed by atoms with Crippen molar-refractivity contribution >= 4 is 25.7 Å². The molecule has 0 unspecified atom stereocenters. The first-order valence-electron chi connectivity index (χ1n) is 11.1. The van der Waals surface area contributed by atoms with Crippen molar-refractivity contribution in [2.45, 2.75) is 43.9 Å². The van der Waals surface area contributed by atoms with Crippen molar-refractivity contribution in [2.24, 2.45) is 5.92 Å². The van der Waals surface area contributed by atoms with E-state index in [0.717, 1.165) is 22.7 Å². The molecule has 0 radical (unpaired) electrons. The van der Waals surface area contributed by atoms with Crippen molar-refractivity contribution < 1.29 is 34.7 Å². The third-order valence-corrected chi connectivity index (χ3v) is 8.69. The van der Waals surface area contributed by atoms with E-state index in [-0.39, 0.29) is 29.1 Å². The van der Waals surface area contributed by atoms with E-state index in [1.807, 2.05) is 0 Å². The molecule has 0 atom stereocenters. The summed E-state index contributed by atoms with van der Waals surface area (Å²) in [6.45, 7) is 4.25. The lowest BCUT2D eigenvalue weighted by molar-refractivity contribution is -0.137. The number of halogens is 3. The fourth-order valence-corrected chi connectivity index (χ4v) is 6.30. The van der Waals surface area contributed by atoms with Gasteiger partial charge in [-0.05, 0) is 61.2 Å². The second-order valence-electron chi connectivity index (χ2n) is 8.93. The summed E-state index contributed by atoms with van der Waals surface area (Å²) in [5, 5.41) is 0. The lowest BCUT2D eigenvalue weighted by atomic mass is 10.1. The number of piperidine rings is 1. The van der Waals surface area contributed by atoms with E-state index in [9.17, 15) is 30.0 Å². The number of anilines is 1. The van der Waals surface area contributed by atoms with Gasteiger partial charge in [-0.2, -0.15) is 13.2 Å². The van der Waals surface area contributed by atoms with E-state index >= 15 is 0 Å². The molecule has 2 aromatic rings. The minimum Gasteiger partial charge on any atom is -0.490 e. The van der Waals surface area contributed by atoms with E-state index in [1.165, 1.54) is 40.7 Å². The quantitative estimate of drug-likeness (QED) is 0.503. The third kappa shape index (κ3) is 6.89. The average molecular weight is 535 g/mol. The van der Waals surface area contributed by atoms with Gasteiger partial charge in [0, 0.05) is 19.6 Å². The van der Waals surface area contributed by atoms with Crippen LogP contribution in [0.3, 0.4) is 0 Å². The molecule has 1 aliphatic heterocycles. The van der Waals surface area contributed by atoms with E-state index in [0.29, 0.717) is 31.7 Å². The van der Waals surface area contributed by atoms with Crippen LogP contribution >= 0.6 is 0 Å². The molecule has 7 nitrogen and oxygen atoms in total. The molecule has 35 heavy (non-hydrogen) atoms. The van der Waals surface area contributed by atoms with Crippen LogP contribution in [0.2, 0.25) is 0 Å². The summed E-state index contributed by atoms with van der Waals surface area (Å²) in [6.07, 6.45) is -2.64. The number of alkyl halides is 3. The lowest BCUT2D eigenvalue weighted by Crippen LogP contribution is -2.41. The summed E-state index contributed by atoms with van der Waals surface area (Å²) in [5.41, 5.74) is -0.990. The zero-order valence-corrected chi connectivity index (χ0v) is 21.3. The largest absolute Gasteiger partial charge is 0.490 e. The molecular weight excluding hydrogens is 505 g/mol. The van der Waals surface area contributed by atoms with Crippen LogP contribution in [-0.2, 0) is 26.2 Å². The summed E-state index contributed by atoms with van der Waals surface area (Å²) in [4.78, 5) is -0.0743. The first-order chi connectivity index (χ1) is 16.2. The predicted octanol–water partition coefficient (Wildman–Crippen LogP) is 4.36. The number of ether oxygens (including phenoxy) is 1. The Hall–Kier alpha value is -2.31. The van der Waals surface area contributed by atoms with E-state index in [1.54, 1.807) is 13.8 Å². The van der Waals surface area contributed by atoms with Gasteiger partial charge >= 0.3 is 6.18 Å². The number of hydrogen-bond donors (Lipinski definition) is 0. The van der Waals surface area contributed by atoms with Crippen molar-refractivity contribution in [1.82, 2.24) is 4.31 Å². The third-order valence-electron chi connectivity index (χ3n) is 5.58. The second kappa shape index (κ2) is 10.4. The lowest BCUT2D eigenvalue weighted by Gasteiger charge is -2.30. The number of nitrogens with zero attached hydrogens (tertiary/aromatic N) is 2. The Morgan fingerprint density at radius 3 is 2.14 bits per heavy atom. The summed E-state index contributed by atoms with van der Waals surface area (Å²) >= 11 is 0.